The predicted octanol–water partition coefficient (Wildman–Crippen LogP) is 1.78. The van der Waals surface area contributed by atoms with E-state index < -0.39 is 15.7 Å². The number of sulfone groups is 1. The van der Waals surface area contributed by atoms with Crippen LogP contribution < -0.4 is 10.1 Å². The van der Waals surface area contributed by atoms with E-state index in [1.165, 1.54) is 6.26 Å². The Kier molecular flexibility index (Phi) is 4.38. The summed E-state index contributed by atoms with van der Waals surface area (Å²) in [6.07, 6.45) is 1.86. The fourth-order valence-corrected chi connectivity index (χ4v) is 4.16. The lowest BCUT2D eigenvalue weighted by Gasteiger charge is -2.10. The van der Waals surface area contributed by atoms with Crippen LogP contribution in [0, 0.1) is 0 Å². The average Bonchev–Trinajstić information content (AvgIpc) is 3.12. The highest BCUT2D eigenvalue weighted by Gasteiger charge is 2.30. The van der Waals surface area contributed by atoms with Crippen molar-refractivity contribution in [1.29, 1.82) is 0 Å². The van der Waals surface area contributed by atoms with E-state index in [4.69, 9.17) is 9.15 Å². The Morgan fingerprint density at radius 1 is 1.26 bits per heavy atom. The molecule has 1 aromatic heterocycles. The van der Waals surface area contributed by atoms with Crippen molar-refractivity contribution >= 4 is 15.7 Å². The molecular formula is C16H17NO5S. The lowest BCUT2D eigenvalue weighted by Crippen LogP contribution is -2.35. The summed E-state index contributed by atoms with van der Waals surface area (Å²) in [6.45, 7) is 0.201. The van der Waals surface area contributed by atoms with Crippen LogP contribution in [0.4, 0.5) is 0 Å². The van der Waals surface area contributed by atoms with Gasteiger partial charge in [-0.15, -0.1) is 0 Å². The van der Waals surface area contributed by atoms with Crippen LogP contribution in [-0.2, 0) is 16.4 Å². The maximum atomic E-state index is 12.2. The van der Waals surface area contributed by atoms with Gasteiger partial charge in [-0.25, -0.2) is 8.42 Å². The third kappa shape index (κ3) is 3.92. The van der Waals surface area contributed by atoms with Gasteiger partial charge in [0.2, 0.25) is 0 Å². The standard InChI is InChI=1S/C16H17NO5S/c18-16(17-13-7-9-23(19,20)11-13)15-12(6-8-21-15)10-22-14-4-2-1-3-5-14/h1-6,8,13H,7,9-11H2,(H,17,18)/t13-/m0/s1. The first-order valence-corrected chi connectivity index (χ1v) is 9.11. The van der Waals surface area contributed by atoms with Crippen molar-refractivity contribution in [2.45, 2.75) is 19.1 Å². The molecule has 0 radical (unpaired) electrons. The van der Waals surface area contributed by atoms with Crippen molar-refractivity contribution in [1.82, 2.24) is 5.32 Å². The molecule has 2 heterocycles. The minimum Gasteiger partial charge on any atom is -0.489 e. The van der Waals surface area contributed by atoms with Crippen LogP contribution in [-0.4, -0.2) is 31.9 Å². The van der Waals surface area contributed by atoms with Crippen LogP contribution in [0.15, 0.2) is 47.1 Å². The largest absolute Gasteiger partial charge is 0.489 e. The molecule has 1 saturated heterocycles. The van der Waals surface area contributed by atoms with Crippen molar-refractivity contribution < 1.29 is 22.4 Å². The van der Waals surface area contributed by atoms with Gasteiger partial charge in [0.15, 0.2) is 15.6 Å². The van der Waals surface area contributed by atoms with E-state index in [2.05, 4.69) is 5.32 Å². The summed E-state index contributed by atoms with van der Waals surface area (Å²) >= 11 is 0. The van der Waals surface area contributed by atoms with Crippen LogP contribution in [0.1, 0.15) is 22.5 Å². The van der Waals surface area contributed by atoms with Gasteiger partial charge in [0.05, 0.1) is 17.8 Å². The zero-order chi connectivity index (χ0) is 16.3. The van der Waals surface area contributed by atoms with Crippen molar-refractivity contribution in [2.24, 2.45) is 0 Å². The number of amides is 1. The molecule has 1 aliphatic rings. The molecule has 0 unspecified atom stereocenters. The van der Waals surface area contributed by atoms with E-state index in [1.54, 1.807) is 6.07 Å². The molecule has 23 heavy (non-hydrogen) atoms. The summed E-state index contributed by atoms with van der Waals surface area (Å²) in [6, 6.07) is 10.6. The molecule has 122 valence electrons. The summed E-state index contributed by atoms with van der Waals surface area (Å²) < 4.78 is 33.7. The number of carbonyl (C=O) groups excluding carboxylic acids is 1. The Hall–Kier alpha value is -2.28. The third-order valence-corrected chi connectivity index (χ3v) is 5.43. The van der Waals surface area contributed by atoms with Gasteiger partial charge >= 0.3 is 0 Å². The smallest absolute Gasteiger partial charge is 0.287 e. The molecule has 1 fully saturated rings. The van der Waals surface area contributed by atoms with Gasteiger partial charge in [0.1, 0.15) is 12.4 Å². The topological polar surface area (TPSA) is 85.6 Å². The van der Waals surface area contributed by atoms with E-state index in [9.17, 15) is 13.2 Å². The molecule has 6 nitrogen and oxygen atoms in total. The quantitative estimate of drug-likeness (QED) is 0.900. The van der Waals surface area contributed by atoms with Gasteiger partial charge in [-0.2, -0.15) is 0 Å². The Labute approximate surface area is 134 Å². The van der Waals surface area contributed by atoms with Crippen molar-refractivity contribution in [3.8, 4) is 5.75 Å². The molecule has 1 atom stereocenters. The maximum absolute atomic E-state index is 12.2. The lowest BCUT2D eigenvalue weighted by molar-refractivity contribution is 0.0909. The van der Waals surface area contributed by atoms with Gasteiger partial charge in [0.25, 0.3) is 5.91 Å². The SMILES string of the molecule is O=C(N[C@H]1CCS(=O)(=O)C1)c1occc1COc1ccccc1. The highest BCUT2D eigenvalue weighted by Crippen LogP contribution is 2.17. The Balaban J connectivity index is 1.62. The van der Waals surface area contributed by atoms with Crippen LogP contribution in [0.5, 0.6) is 5.75 Å². The first-order valence-electron chi connectivity index (χ1n) is 7.29. The van der Waals surface area contributed by atoms with Crippen molar-refractivity contribution in [2.75, 3.05) is 11.5 Å². The zero-order valence-corrected chi connectivity index (χ0v) is 13.2. The molecule has 1 aromatic carbocycles. The maximum Gasteiger partial charge on any atom is 0.287 e. The lowest BCUT2D eigenvalue weighted by atomic mass is 10.2. The van der Waals surface area contributed by atoms with Crippen LogP contribution in [0.3, 0.4) is 0 Å². The number of furan rings is 1. The van der Waals surface area contributed by atoms with Crippen molar-refractivity contribution in [3.05, 3.63) is 54.0 Å². The molecule has 1 amide bonds. The van der Waals surface area contributed by atoms with Crippen LogP contribution in [0.2, 0.25) is 0 Å². The molecule has 0 bridgehead atoms. The second-order valence-corrected chi connectivity index (χ2v) is 7.68. The number of hydrogen-bond donors (Lipinski definition) is 1. The summed E-state index contributed by atoms with van der Waals surface area (Å²) in [5.74, 6) is 0.533. The molecule has 1 aliphatic heterocycles. The van der Waals surface area contributed by atoms with E-state index in [1.807, 2.05) is 30.3 Å². The predicted molar refractivity (Wildman–Crippen MR) is 84.0 cm³/mol. The second-order valence-electron chi connectivity index (χ2n) is 5.45. The van der Waals surface area contributed by atoms with Gasteiger partial charge in [-0.1, -0.05) is 18.2 Å². The third-order valence-electron chi connectivity index (χ3n) is 3.66. The summed E-state index contributed by atoms with van der Waals surface area (Å²) in [4.78, 5) is 12.2. The Morgan fingerprint density at radius 2 is 2.04 bits per heavy atom. The summed E-state index contributed by atoms with van der Waals surface area (Å²) in [7, 11) is -3.04. The second kappa shape index (κ2) is 6.45. The summed E-state index contributed by atoms with van der Waals surface area (Å²) in [5, 5.41) is 2.71. The van der Waals surface area contributed by atoms with Crippen molar-refractivity contribution in [3.63, 3.8) is 0 Å². The van der Waals surface area contributed by atoms with Gasteiger partial charge < -0.3 is 14.5 Å². The highest BCUT2D eigenvalue weighted by molar-refractivity contribution is 7.91. The van der Waals surface area contributed by atoms with Gasteiger partial charge in [-0.05, 0) is 24.6 Å². The Bertz CT molecular complexity index is 782. The van der Waals surface area contributed by atoms with Crippen LogP contribution >= 0.6 is 0 Å². The van der Waals surface area contributed by atoms with Gasteiger partial charge in [0, 0.05) is 11.6 Å². The van der Waals surface area contributed by atoms with E-state index in [0.717, 1.165) is 0 Å². The molecule has 0 saturated carbocycles. The van der Waals surface area contributed by atoms with E-state index in [0.29, 0.717) is 17.7 Å². The number of nitrogens with one attached hydrogen (secondary N) is 1. The van der Waals surface area contributed by atoms with Gasteiger partial charge in [-0.3, -0.25) is 4.79 Å². The monoisotopic (exact) mass is 335 g/mol. The molecular weight excluding hydrogens is 318 g/mol. The number of ether oxygens (including phenoxy) is 1. The molecule has 0 aliphatic carbocycles. The zero-order valence-electron chi connectivity index (χ0n) is 12.4. The number of rotatable bonds is 5. The minimum atomic E-state index is -3.04. The fraction of sp³-hybridized carbons (Fsp3) is 0.312. The average molecular weight is 335 g/mol. The fourth-order valence-electron chi connectivity index (χ4n) is 2.49. The number of benzene rings is 1. The van der Waals surface area contributed by atoms with E-state index in [-0.39, 0.29) is 29.9 Å². The minimum absolute atomic E-state index is 0.0186. The number of hydrogen-bond acceptors (Lipinski definition) is 5. The first kappa shape index (κ1) is 15.6. The van der Waals surface area contributed by atoms with Crippen LogP contribution in [0.25, 0.3) is 0 Å². The number of para-hydroxylation sites is 1. The normalized spacial score (nSPS) is 19.4. The highest BCUT2D eigenvalue weighted by atomic mass is 32.2. The number of carbonyl (C=O) groups is 1. The van der Waals surface area contributed by atoms with E-state index >= 15 is 0 Å². The molecule has 3 rings (SSSR count). The Morgan fingerprint density at radius 3 is 2.74 bits per heavy atom. The molecule has 1 N–H and O–H groups in total. The first-order chi connectivity index (χ1) is 11.0. The molecule has 0 spiro atoms. The molecule has 2 aromatic rings. The molecule has 7 heteroatoms. The summed E-state index contributed by atoms with van der Waals surface area (Å²) in [5.41, 5.74) is 0.618.